The molecule has 5 nitrogen and oxygen atoms in total. The van der Waals surface area contributed by atoms with Crippen molar-refractivity contribution in [3.05, 3.63) is 62.4 Å². The van der Waals surface area contributed by atoms with Gasteiger partial charge in [-0.1, -0.05) is 12.1 Å². The minimum atomic E-state index is -0.250. The predicted octanol–water partition coefficient (Wildman–Crippen LogP) is 3.79. The number of benzene rings is 2. The predicted molar refractivity (Wildman–Crippen MR) is 109 cm³/mol. The summed E-state index contributed by atoms with van der Waals surface area (Å²) in [7, 11) is 0. The summed E-state index contributed by atoms with van der Waals surface area (Å²) < 4.78 is 12.6. The van der Waals surface area contributed by atoms with Gasteiger partial charge in [0.2, 0.25) is 11.2 Å². The fourth-order valence-corrected chi connectivity index (χ4v) is 3.44. The van der Waals surface area contributed by atoms with Gasteiger partial charge in [-0.25, -0.2) is 0 Å². The quantitative estimate of drug-likeness (QED) is 0.621. The molecule has 142 valence electrons. The van der Waals surface area contributed by atoms with Crippen molar-refractivity contribution in [1.29, 1.82) is 0 Å². The van der Waals surface area contributed by atoms with Crippen LogP contribution in [0, 0.1) is 6.92 Å². The first-order valence-corrected chi connectivity index (χ1v) is 9.79. The molecule has 3 rings (SSSR count). The molecule has 2 aromatic carbocycles. The number of quaternary nitrogens is 1. The molecule has 0 fully saturated rings. The third-order valence-corrected chi connectivity index (χ3v) is 5.39. The van der Waals surface area contributed by atoms with E-state index in [2.05, 4.69) is 29.8 Å². The van der Waals surface area contributed by atoms with Crippen LogP contribution < -0.4 is 15.1 Å². The highest BCUT2D eigenvalue weighted by atomic mass is 79.9. The number of aromatic hydroxyl groups is 1. The van der Waals surface area contributed by atoms with Crippen molar-refractivity contribution in [2.45, 2.75) is 27.3 Å². The van der Waals surface area contributed by atoms with Crippen molar-refractivity contribution < 1.29 is 19.2 Å². The maximum absolute atomic E-state index is 13.1. The van der Waals surface area contributed by atoms with Gasteiger partial charge in [-0.15, -0.1) is 0 Å². The summed E-state index contributed by atoms with van der Waals surface area (Å²) in [5, 5.41) is 10.8. The van der Waals surface area contributed by atoms with E-state index in [4.69, 9.17) is 9.15 Å². The van der Waals surface area contributed by atoms with Crippen LogP contribution >= 0.6 is 15.9 Å². The Hall–Kier alpha value is -2.31. The van der Waals surface area contributed by atoms with Gasteiger partial charge in [-0.3, -0.25) is 4.79 Å². The third kappa shape index (κ3) is 3.87. The van der Waals surface area contributed by atoms with E-state index in [1.54, 1.807) is 25.1 Å². The van der Waals surface area contributed by atoms with E-state index < -0.39 is 0 Å². The average molecular weight is 433 g/mol. The molecule has 0 radical (unpaired) electrons. The molecule has 2 N–H and O–H groups in total. The molecular formula is C21H23BrNO4+. The van der Waals surface area contributed by atoms with E-state index in [1.807, 2.05) is 18.2 Å². The summed E-state index contributed by atoms with van der Waals surface area (Å²) in [6, 6.07) is 10.5. The Morgan fingerprint density at radius 1 is 1.15 bits per heavy atom. The van der Waals surface area contributed by atoms with Gasteiger partial charge in [0, 0.05) is 0 Å². The van der Waals surface area contributed by atoms with E-state index in [9.17, 15) is 9.90 Å². The minimum Gasteiger partial charge on any atom is -0.507 e. The molecule has 27 heavy (non-hydrogen) atoms. The molecule has 0 aliphatic heterocycles. The van der Waals surface area contributed by atoms with Crippen molar-refractivity contribution >= 4 is 26.9 Å². The fraction of sp³-hybridized carbons (Fsp3) is 0.286. The van der Waals surface area contributed by atoms with Gasteiger partial charge < -0.3 is 19.2 Å². The largest absolute Gasteiger partial charge is 0.507 e. The average Bonchev–Trinajstić information content (AvgIpc) is 2.66. The molecule has 0 aliphatic rings. The topological polar surface area (TPSA) is 64.1 Å². The highest BCUT2D eigenvalue weighted by molar-refractivity contribution is 9.10. The van der Waals surface area contributed by atoms with Crippen LogP contribution in [0.4, 0.5) is 0 Å². The van der Waals surface area contributed by atoms with Crippen LogP contribution in [0.3, 0.4) is 0 Å². The van der Waals surface area contributed by atoms with Crippen molar-refractivity contribution in [3.8, 4) is 17.2 Å². The Labute approximate surface area is 166 Å². The van der Waals surface area contributed by atoms with Crippen molar-refractivity contribution in [2.24, 2.45) is 0 Å². The molecule has 0 spiro atoms. The standard InChI is InChI=1S/C21H22BrNO4/c1-4-23(5-2)12-15-17(24)11-10-14-19(25)20(13(3)26-21(14)15)27-18-9-7-6-8-16(18)22/h6-11,24H,4-5,12H2,1-3H3/p+1. The van der Waals surface area contributed by atoms with Gasteiger partial charge in [0.25, 0.3) is 0 Å². The number of hydrogen-bond donors (Lipinski definition) is 2. The first-order chi connectivity index (χ1) is 13.0. The normalized spacial score (nSPS) is 11.3. The zero-order valence-corrected chi connectivity index (χ0v) is 17.2. The van der Waals surface area contributed by atoms with E-state index >= 15 is 0 Å². The van der Waals surface area contributed by atoms with E-state index in [0.29, 0.717) is 34.6 Å². The Bertz CT molecular complexity index is 1020. The number of fused-ring (bicyclic) bond motifs is 1. The summed E-state index contributed by atoms with van der Waals surface area (Å²) in [6.07, 6.45) is 0. The van der Waals surface area contributed by atoms with Crippen LogP contribution in [0.15, 0.2) is 50.1 Å². The fourth-order valence-electron chi connectivity index (χ4n) is 3.07. The third-order valence-electron chi connectivity index (χ3n) is 4.74. The van der Waals surface area contributed by atoms with E-state index in [1.165, 1.54) is 4.90 Å². The van der Waals surface area contributed by atoms with Crippen LogP contribution in [-0.4, -0.2) is 18.2 Å². The lowest BCUT2D eigenvalue weighted by Crippen LogP contribution is -3.10. The van der Waals surface area contributed by atoms with Crippen LogP contribution in [0.1, 0.15) is 25.2 Å². The number of halogens is 1. The molecule has 0 saturated carbocycles. The molecule has 1 heterocycles. The number of aryl methyl sites for hydroxylation is 1. The van der Waals surface area contributed by atoms with Gasteiger partial charge >= 0.3 is 0 Å². The molecule has 0 saturated heterocycles. The second kappa shape index (κ2) is 8.15. The summed E-state index contributed by atoms with van der Waals surface area (Å²) in [4.78, 5) is 14.3. The Morgan fingerprint density at radius 3 is 2.52 bits per heavy atom. The molecular weight excluding hydrogens is 410 g/mol. The molecule has 0 unspecified atom stereocenters. The van der Waals surface area contributed by atoms with Gasteiger partial charge in [0.1, 0.15) is 23.8 Å². The molecule has 3 aromatic rings. The van der Waals surface area contributed by atoms with Crippen molar-refractivity contribution in [1.82, 2.24) is 0 Å². The second-order valence-electron chi connectivity index (χ2n) is 6.42. The van der Waals surface area contributed by atoms with E-state index in [-0.39, 0.29) is 16.9 Å². The summed E-state index contributed by atoms with van der Waals surface area (Å²) in [6.45, 7) is 8.30. The van der Waals surface area contributed by atoms with Crippen molar-refractivity contribution in [2.75, 3.05) is 13.1 Å². The monoisotopic (exact) mass is 432 g/mol. The van der Waals surface area contributed by atoms with Crippen molar-refractivity contribution in [3.63, 3.8) is 0 Å². The SMILES string of the molecule is CC[NH+](CC)Cc1c(O)ccc2c(=O)c(Oc3ccccc3Br)c(C)oc12. The lowest BCUT2D eigenvalue weighted by molar-refractivity contribution is -0.910. The lowest BCUT2D eigenvalue weighted by atomic mass is 10.1. The zero-order chi connectivity index (χ0) is 19.6. The minimum absolute atomic E-state index is 0.143. The molecule has 0 bridgehead atoms. The number of hydrogen-bond acceptors (Lipinski definition) is 4. The van der Waals surface area contributed by atoms with Gasteiger partial charge in [0.15, 0.2) is 5.58 Å². The molecule has 0 aliphatic carbocycles. The number of nitrogens with one attached hydrogen (secondary N) is 1. The highest BCUT2D eigenvalue weighted by Crippen LogP contribution is 2.32. The van der Waals surface area contributed by atoms with Crippen LogP contribution in [0.5, 0.6) is 17.2 Å². The number of para-hydroxylation sites is 1. The number of ether oxygens (including phenoxy) is 1. The molecule has 1 aromatic heterocycles. The Morgan fingerprint density at radius 2 is 1.85 bits per heavy atom. The van der Waals surface area contributed by atoms with Gasteiger partial charge in [-0.2, -0.15) is 0 Å². The number of phenolic OH excluding ortho intramolecular Hbond substituents is 1. The summed E-state index contributed by atoms with van der Waals surface area (Å²) >= 11 is 3.42. The Kier molecular flexibility index (Phi) is 5.87. The maximum Gasteiger partial charge on any atom is 0.235 e. The number of phenols is 1. The lowest BCUT2D eigenvalue weighted by Gasteiger charge is -2.17. The molecule has 0 amide bonds. The highest BCUT2D eigenvalue weighted by Gasteiger charge is 2.21. The zero-order valence-electron chi connectivity index (χ0n) is 15.6. The van der Waals surface area contributed by atoms with Crippen LogP contribution in [0.2, 0.25) is 0 Å². The second-order valence-corrected chi connectivity index (χ2v) is 7.28. The molecule has 0 atom stereocenters. The van der Waals surface area contributed by atoms with Gasteiger partial charge in [-0.05, 0) is 61.0 Å². The van der Waals surface area contributed by atoms with Gasteiger partial charge in [0.05, 0.1) is 28.5 Å². The first kappa shape index (κ1) is 19.5. The maximum atomic E-state index is 13.1. The molecule has 6 heteroatoms. The number of rotatable bonds is 6. The smallest absolute Gasteiger partial charge is 0.235 e. The van der Waals surface area contributed by atoms with Crippen LogP contribution in [0.25, 0.3) is 11.0 Å². The summed E-state index contributed by atoms with van der Waals surface area (Å²) in [5.74, 6) is 1.22. The summed E-state index contributed by atoms with van der Waals surface area (Å²) in [5.41, 5.74) is 0.829. The first-order valence-electron chi connectivity index (χ1n) is 9.00. The van der Waals surface area contributed by atoms with Crippen LogP contribution in [-0.2, 0) is 6.54 Å². The van der Waals surface area contributed by atoms with E-state index in [0.717, 1.165) is 17.6 Å². The Balaban J connectivity index is 2.14.